The number of aryl methyl sites for hydroxylation is 1. The van der Waals surface area contributed by atoms with Crippen LogP contribution in [0.5, 0.6) is 11.5 Å². The first-order valence-electron chi connectivity index (χ1n) is 8.82. The highest BCUT2D eigenvalue weighted by Gasteiger charge is 2.42. The highest BCUT2D eigenvalue weighted by Crippen LogP contribution is 2.61. The summed E-state index contributed by atoms with van der Waals surface area (Å²) in [6.07, 6.45) is 3.56. The molecule has 1 saturated carbocycles. The summed E-state index contributed by atoms with van der Waals surface area (Å²) in [5.74, 6) is 2.92. The number of rotatable bonds is 6. The number of hydrogen-bond acceptors (Lipinski definition) is 4. The highest BCUT2D eigenvalue weighted by molar-refractivity contribution is 5.97. The molecule has 2 atom stereocenters. The van der Waals surface area contributed by atoms with Crippen LogP contribution in [0.3, 0.4) is 0 Å². The molecule has 2 unspecified atom stereocenters. The van der Waals surface area contributed by atoms with Crippen LogP contribution in [0.25, 0.3) is 10.8 Å². The van der Waals surface area contributed by atoms with Crippen LogP contribution in [-0.2, 0) is 0 Å². The van der Waals surface area contributed by atoms with Crippen LogP contribution < -0.4 is 9.47 Å². The average molecular weight is 328 g/mol. The van der Waals surface area contributed by atoms with Gasteiger partial charge < -0.3 is 19.7 Å². The van der Waals surface area contributed by atoms with Gasteiger partial charge in [0.2, 0.25) is 0 Å². The number of fused-ring (bicyclic) bond motifs is 6. The molecule has 2 N–H and O–H groups in total. The third-order valence-corrected chi connectivity index (χ3v) is 5.37. The van der Waals surface area contributed by atoms with Crippen molar-refractivity contribution in [3.8, 4) is 11.5 Å². The van der Waals surface area contributed by atoms with Gasteiger partial charge in [0.05, 0.1) is 13.2 Å². The molecule has 2 aromatic carbocycles. The number of benzene rings is 2. The van der Waals surface area contributed by atoms with Crippen LogP contribution in [0.2, 0.25) is 0 Å². The summed E-state index contributed by atoms with van der Waals surface area (Å²) in [7, 11) is 0. The van der Waals surface area contributed by atoms with E-state index in [1.54, 1.807) is 0 Å². The molecule has 4 heteroatoms. The minimum Gasteiger partial charge on any atom is -0.490 e. The molecule has 2 aliphatic carbocycles. The highest BCUT2D eigenvalue weighted by atomic mass is 16.5. The quantitative estimate of drug-likeness (QED) is 0.854. The number of aliphatic hydroxyl groups excluding tert-OH is 2. The van der Waals surface area contributed by atoms with E-state index in [-0.39, 0.29) is 13.2 Å². The Morgan fingerprint density at radius 1 is 0.917 bits per heavy atom. The van der Waals surface area contributed by atoms with Crippen LogP contribution in [0.15, 0.2) is 18.2 Å². The van der Waals surface area contributed by atoms with E-state index in [9.17, 15) is 10.2 Å². The lowest BCUT2D eigenvalue weighted by Gasteiger charge is -2.25. The molecule has 0 aromatic heterocycles. The predicted molar refractivity (Wildman–Crippen MR) is 93.2 cm³/mol. The largest absolute Gasteiger partial charge is 0.490 e. The molecular weight excluding hydrogens is 304 g/mol. The van der Waals surface area contributed by atoms with Gasteiger partial charge in [-0.3, -0.25) is 0 Å². The standard InChI is InChI=1S/C20H24O4/c1-12-2-5-15-16(10-12)20(24-9-7-22)18-14-4-3-13(11-14)17(18)19(15)23-8-6-21/h2,5,10,13-14,21-22H,3-4,6-9,11H2,1H3. The van der Waals surface area contributed by atoms with E-state index in [1.807, 2.05) is 0 Å². The summed E-state index contributed by atoms with van der Waals surface area (Å²) in [4.78, 5) is 0. The van der Waals surface area contributed by atoms with Crippen molar-refractivity contribution >= 4 is 10.8 Å². The normalized spacial score (nSPS) is 21.3. The van der Waals surface area contributed by atoms with Gasteiger partial charge in [-0.05, 0) is 44.1 Å². The summed E-state index contributed by atoms with van der Waals surface area (Å²) in [6, 6.07) is 6.32. The second kappa shape index (κ2) is 6.26. The van der Waals surface area contributed by atoms with Crippen LogP contribution in [0.1, 0.15) is 47.8 Å². The maximum absolute atomic E-state index is 9.23. The lowest BCUT2D eigenvalue weighted by Crippen LogP contribution is -2.11. The Hall–Kier alpha value is -1.78. The Morgan fingerprint density at radius 2 is 1.50 bits per heavy atom. The molecule has 128 valence electrons. The lowest BCUT2D eigenvalue weighted by molar-refractivity contribution is 0.198. The topological polar surface area (TPSA) is 58.9 Å². The first-order valence-corrected chi connectivity index (χ1v) is 8.82. The third kappa shape index (κ3) is 2.36. The average Bonchev–Trinajstić information content (AvgIpc) is 3.20. The second-order valence-corrected chi connectivity index (χ2v) is 6.89. The maximum Gasteiger partial charge on any atom is 0.131 e. The second-order valence-electron chi connectivity index (χ2n) is 6.89. The van der Waals surface area contributed by atoms with Crippen molar-refractivity contribution in [1.82, 2.24) is 0 Å². The molecule has 0 aliphatic heterocycles. The molecule has 1 fully saturated rings. The smallest absolute Gasteiger partial charge is 0.131 e. The SMILES string of the molecule is Cc1ccc2c(OCCO)c3c(c(OCCO)c2c1)C1CCC3C1. The summed E-state index contributed by atoms with van der Waals surface area (Å²) in [6.45, 7) is 2.72. The fourth-order valence-corrected chi connectivity index (χ4v) is 4.50. The Bertz CT molecular complexity index is 768. The molecule has 0 spiro atoms. The summed E-state index contributed by atoms with van der Waals surface area (Å²) in [5, 5.41) is 20.6. The molecule has 4 rings (SSSR count). The molecule has 2 aliphatic rings. The zero-order valence-corrected chi connectivity index (χ0v) is 14.0. The van der Waals surface area contributed by atoms with Crippen molar-refractivity contribution in [1.29, 1.82) is 0 Å². The van der Waals surface area contributed by atoms with Crippen LogP contribution >= 0.6 is 0 Å². The van der Waals surface area contributed by atoms with E-state index in [4.69, 9.17) is 9.47 Å². The summed E-state index contributed by atoms with van der Waals surface area (Å²) >= 11 is 0. The van der Waals surface area contributed by atoms with Gasteiger partial charge in [0.25, 0.3) is 0 Å². The van der Waals surface area contributed by atoms with Gasteiger partial charge in [-0.25, -0.2) is 0 Å². The minimum absolute atomic E-state index is 0.0128. The van der Waals surface area contributed by atoms with Gasteiger partial charge >= 0.3 is 0 Å². The van der Waals surface area contributed by atoms with Gasteiger partial charge in [-0.2, -0.15) is 0 Å². The minimum atomic E-state index is 0.0128. The Labute approximate surface area is 142 Å². The molecule has 0 radical (unpaired) electrons. The van der Waals surface area contributed by atoms with Gasteiger partial charge in [0, 0.05) is 21.9 Å². The zero-order chi connectivity index (χ0) is 16.7. The zero-order valence-electron chi connectivity index (χ0n) is 14.0. The van der Waals surface area contributed by atoms with E-state index in [0.717, 1.165) is 28.7 Å². The number of ether oxygens (including phenoxy) is 2. The van der Waals surface area contributed by atoms with Crippen molar-refractivity contribution in [2.75, 3.05) is 26.4 Å². The van der Waals surface area contributed by atoms with Crippen LogP contribution in [0, 0.1) is 6.92 Å². The van der Waals surface area contributed by atoms with Crippen molar-refractivity contribution in [3.05, 3.63) is 34.9 Å². The van der Waals surface area contributed by atoms with Crippen molar-refractivity contribution in [2.24, 2.45) is 0 Å². The van der Waals surface area contributed by atoms with Gasteiger partial charge in [-0.15, -0.1) is 0 Å². The molecule has 0 amide bonds. The van der Waals surface area contributed by atoms with Crippen LogP contribution in [-0.4, -0.2) is 36.6 Å². The van der Waals surface area contributed by atoms with Gasteiger partial charge in [-0.1, -0.05) is 17.7 Å². The van der Waals surface area contributed by atoms with Crippen molar-refractivity contribution in [2.45, 2.75) is 38.0 Å². The molecule has 2 aromatic rings. The molecule has 24 heavy (non-hydrogen) atoms. The van der Waals surface area contributed by atoms with Crippen LogP contribution in [0.4, 0.5) is 0 Å². The van der Waals surface area contributed by atoms with Crippen molar-refractivity contribution in [3.63, 3.8) is 0 Å². The van der Waals surface area contributed by atoms with Gasteiger partial charge in [0.15, 0.2) is 0 Å². The monoisotopic (exact) mass is 328 g/mol. The third-order valence-electron chi connectivity index (χ3n) is 5.37. The maximum atomic E-state index is 9.23. The molecule has 0 saturated heterocycles. The van der Waals surface area contributed by atoms with Crippen molar-refractivity contribution < 1.29 is 19.7 Å². The Balaban J connectivity index is 1.98. The fourth-order valence-electron chi connectivity index (χ4n) is 4.50. The number of hydrogen-bond donors (Lipinski definition) is 2. The molecule has 0 heterocycles. The summed E-state index contributed by atoms with van der Waals surface area (Å²) in [5.41, 5.74) is 3.74. The van der Waals surface area contributed by atoms with E-state index in [2.05, 4.69) is 25.1 Å². The predicted octanol–water partition coefficient (Wildman–Crippen LogP) is 3.26. The molecular formula is C20H24O4. The Morgan fingerprint density at radius 3 is 2.08 bits per heavy atom. The van der Waals surface area contributed by atoms with Gasteiger partial charge in [0.1, 0.15) is 24.7 Å². The lowest BCUT2D eigenvalue weighted by atomic mass is 9.87. The van der Waals surface area contributed by atoms with E-state index in [1.165, 1.54) is 29.5 Å². The van der Waals surface area contributed by atoms with E-state index >= 15 is 0 Å². The first-order chi connectivity index (χ1) is 11.7. The van der Waals surface area contributed by atoms with E-state index in [0.29, 0.717) is 25.0 Å². The number of aliphatic hydroxyl groups is 2. The summed E-state index contributed by atoms with van der Waals surface area (Å²) < 4.78 is 12.0. The fraction of sp³-hybridized carbons (Fsp3) is 0.500. The first kappa shape index (κ1) is 15.7. The van der Waals surface area contributed by atoms with E-state index < -0.39 is 0 Å². The molecule has 2 bridgehead atoms. The Kier molecular flexibility index (Phi) is 4.10. The molecule has 4 nitrogen and oxygen atoms in total.